The molecule has 3 rings (SSSR count). The Morgan fingerprint density at radius 1 is 1.53 bits per heavy atom. The maximum Gasteiger partial charge on any atom is 0.241 e. The summed E-state index contributed by atoms with van der Waals surface area (Å²) in [6.45, 7) is 4.15. The summed E-state index contributed by atoms with van der Waals surface area (Å²) < 4.78 is 0. The number of amides is 1. The van der Waals surface area contributed by atoms with Gasteiger partial charge in [-0.05, 0) is 55.0 Å². The maximum atomic E-state index is 12.3. The second-order valence-electron chi connectivity index (χ2n) is 5.17. The molecule has 0 bridgehead atoms. The SMILES string of the molecule is CC1NC(c2ccsc2)N(C(C)C2CC2)C1=O. The van der Waals surface area contributed by atoms with E-state index in [1.165, 1.54) is 18.4 Å². The molecule has 1 saturated heterocycles. The van der Waals surface area contributed by atoms with E-state index in [4.69, 9.17) is 0 Å². The van der Waals surface area contributed by atoms with Crippen molar-refractivity contribution < 1.29 is 4.79 Å². The van der Waals surface area contributed by atoms with Crippen molar-refractivity contribution in [3.8, 4) is 0 Å². The average Bonchev–Trinajstić information content (AvgIpc) is 2.94. The number of thiophene rings is 1. The van der Waals surface area contributed by atoms with Crippen LogP contribution in [0.25, 0.3) is 0 Å². The summed E-state index contributed by atoms with van der Waals surface area (Å²) in [5.41, 5.74) is 1.22. The zero-order valence-electron chi connectivity index (χ0n) is 10.2. The topological polar surface area (TPSA) is 32.3 Å². The second-order valence-corrected chi connectivity index (χ2v) is 5.95. The van der Waals surface area contributed by atoms with Crippen molar-refractivity contribution in [1.29, 1.82) is 0 Å². The van der Waals surface area contributed by atoms with Crippen LogP contribution < -0.4 is 5.32 Å². The molecule has 1 aromatic heterocycles. The van der Waals surface area contributed by atoms with Gasteiger partial charge >= 0.3 is 0 Å². The molecule has 4 heteroatoms. The molecule has 3 atom stereocenters. The number of nitrogens with one attached hydrogen (secondary N) is 1. The van der Waals surface area contributed by atoms with Gasteiger partial charge in [0, 0.05) is 6.04 Å². The lowest BCUT2D eigenvalue weighted by Gasteiger charge is -2.30. The number of rotatable bonds is 3. The van der Waals surface area contributed by atoms with E-state index in [0.29, 0.717) is 12.0 Å². The molecule has 2 aliphatic rings. The Kier molecular flexibility index (Phi) is 2.71. The number of nitrogens with zero attached hydrogens (tertiary/aromatic N) is 1. The molecule has 1 amide bonds. The van der Waals surface area contributed by atoms with Crippen molar-refractivity contribution in [2.24, 2.45) is 5.92 Å². The molecule has 0 spiro atoms. The molecular weight excluding hydrogens is 232 g/mol. The summed E-state index contributed by atoms with van der Waals surface area (Å²) in [6, 6.07) is 2.42. The van der Waals surface area contributed by atoms with Crippen LogP contribution in [-0.4, -0.2) is 22.9 Å². The van der Waals surface area contributed by atoms with E-state index < -0.39 is 0 Å². The second kappa shape index (κ2) is 4.10. The fourth-order valence-electron chi connectivity index (χ4n) is 2.67. The largest absolute Gasteiger partial charge is 0.319 e. The summed E-state index contributed by atoms with van der Waals surface area (Å²) in [7, 11) is 0. The summed E-state index contributed by atoms with van der Waals surface area (Å²) >= 11 is 1.69. The first kappa shape index (κ1) is 11.2. The third kappa shape index (κ3) is 1.89. The Balaban J connectivity index is 1.88. The van der Waals surface area contributed by atoms with Gasteiger partial charge in [0.05, 0.1) is 6.04 Å². The zero-order chi connectivity index (χ0) is 12.0. The number of carbonyl (C=O) groups is 1. The molecule has 1 aliphatic heterocycles. The molecule has 1 aromatic rings. The van der Waals surface area contributed by atoms with E-state index in [1.807, 2.05) is 6.92 Å². The molecule has 17 heavy (non-hydrogen) atoms. The molecule has 92 valence electrons. The van der Waals surface area contributed by atoms with Crippen LogP contribution in [0.15, 0.2) is 16.8 Å². The van der Waals surface area contributed by atoms with Gasteiger partial charge < -0.3 is 4.90 Å². The number of hydrogen-bond acceptors (Lipinski definition) is 3. The van der Waals surface area contributed by atoms with Gasteiger partial charge in [-0.25, -0.2) is 0 Å². The van der Waals surface area contributed by atoms with E-state index in [2.05, 4.69) is 34.0 Å². The quantitative estimate of drug-likeness (QED) is 0.893. The van der Waals surface area contributed by atoms with Crippen LogP contribution in [0.3, 0.4) is 0 Å². The van der Waals surface area contributed by atoms with Crippen LogP contribution in [-0.2, 0) is 4.79 Å². The van der Waals surface area contributed by atoms with Crippen molar-refractivity contribution >= 4 is 17.2 Å². The van der Waals surface area contributed by atoms with Crippen molar-refractivity contribution in [1.82, 2.24) is 10.2 Å². The fraction of sp³-hybridized carbons (Fsp3) is 0.615. The van der Waals surface area contributed by atoms with Gasteiger partial charge in [0.25, 0.3) is 0 Å². The monoisotopic (exact) mass is 250 g/mol. The third-order valence-corrected chi connectivity index (χ3v) is 4.61. The van der Waals surface area contributed by atoms with Crippen LogP contribution in [0.5, 0.6) is 0 Å². The van der Waals surface area contributed by atoms with Crippen LogP contribution in [0.1, 0.15) is 38.4 Å². The summed E-state index contributed by atoms with van der Waals surface area (Å²) in [6.07, 6.45) is 2.63. The first-order valence-corrected chi connectivity index (χ1v) is 7.23. The minimum absolute atomic E-state index is 0.0545. The zero-order valence-corrected chi connectivity index (χ0v) is 11.0. The standard InChI is InChI=1S/C13H18N2OS/c1-8-13(16)15(9(2)10-3-4-10)12(14-8)11-5-6-17-7-11/h5-10,12,14H,3-4H2,1-2H3. The fourth-order valence-corrected chi connectivity index (χ4v) is 3.35. The molecule has 3 unspecified atom stereocenters. The lowest BCUT2D eigenvalue weighted by Crippen LogP contribution is -2.39. The summed E-state index contributed by atoms with van der Waals surface area (Å²) in [4.78, 5) is 14.3. The molecule has 1 aliphatic carbocycles. The minimum Gasteiger partial charge on any atom is -0.319 e. The van der Waals surface area contributed by atoms with E-state index in [-0.39, 0.29) is 18.1 Å². The molecular formula is C13H18N2OS. The highest BCUT2D eigenvalue weighted by Crippen LogP contribution is 2.39. The van der Waals surface area contributed by atoms with Crippen molar-refractivity contribution in [2.75, 3.05) is 0 Å². The van der Waals surface area contributed by atoms with Gasteiger partial charge in [-0.2, -0.15) is 11.3 Å². The van der Waals surface area contributed by atoms with E-state index >= 15 is 0 Å². The van der Waals surface area contributed by atoms with E-state index in [9.17, 15) is 4.79 Å². The maximum absolute atomic E-state index is 12.3. The highest BCUT2D eigenvalue weighted by atomic mass is 32.1. The molecule has 2 heterocycles. The highest BCUT2D eigenvalue weighted by Gasteiger charge is 2.44. The first-order chi connectivity index (χ1) is 8.18. The van der Waals surface area contributed by atoms with Crippen LogP contribution in [0.4, 0.5) is 0 Å². The van der Waals surface area contributed by atoms with Gasteiger partial charge in [-0.3, -0.25) is 10.1 Å². The number of hydrogen-bond donors (Lipinski definition) is 1. The smallest absolute Gasteiger partial charge is 0.241 e. The third-order valence-electron chi connectivity index (χ3n) is 3.91. The van der Waals surface area contributed by atoms with Crippen LogP contribution in [0, 0.1) is 5.92 Å². The summed E-state index contributed by atoms with van der Waals surface area (Å²) in [5.74, 6) is 0.966. The summed E-state index contributed by atoms with van der Waals surface area (Å²) in [5, 5.41) is 7.61. The van der Waals surface area contributed by atoms with Gasteiger partial charge in [0.1, 0.15) is 6.17 Å². The lowest BCUT2D eigenvalue weighted by atomic mass is 10.1. The predicted molar refractivity (Wildman–Crippen MR) is 68.7 cm³/mol. The van der Waals surface area contributed by atoms with Gasteiger partial charge in [0.2, 0.25) is 5.91 Å². The van der Waals surface area contributed by atoms with E-state index in [1.54, 1.807) is 11.3 Å². The minimum atomic E-state index is -0.0545. The normalized spacial score (nSPS) is 30.9. The molecule has 0 radical (unpaired) electrons. The van der Waals surface area contributed by atoms with Crippen molar-refractivity contribution in [3.63, 3.8) is 0 Å². The highest BCUT2D eigenvalue weighted by molar-refractivity contribution is 7.07. The lowest BCUT2D eigenvalue weighted by molar-refractivity contribution is -0.132. The molecule has 2 fully saturated rings. The van der Waals surface area contributed by atoms with Crippen LogP contribution >= 0.6 is 11.3 Å². The molecule has 3 nitrogen and oxygen atoms in total. The van der Waals surface area contributed by atoms with Gasteiger partial charge in [-0.1, -0.05) is 0 Å². The number of carbonyl (C=O) groups excluding carboxylic acids is 1. The molecule has 0 aromatic carbocycles. The van der Waals surface area contributed by atoms with Crippen molar-refractivity contribution in [2.45, 2.75) is 44.9 Å². The Morgan fingerprint density at radius 3 is 2.88 bits per heavy atom. The van der Waals surface area contributed by atoms with Gasteiger partial charge in [0.15, 0.2) is 0 Å². The Labute approximate surface area is 106 Å². The van der Waals surface area contributed by atoms with E-state index in [0.717, 1.165) is 0 Å². The Hall–Kier alpha value is -0.870. The molecule has 1 saturated carbocycles. The molecule has 1 N–H and O–H groups in total. The Bertz CT molecular complexity index is 413. The van der Waals surface area contributed by atoms with Crippen LogP contribution in [0.2, 0.25) is 0 Å². The Morgan fingerprint density at radius 2 is 2.29 bits per heavy atom. The van der Waals surface area contributed by atoms with Gasteiger partial charge in [-0.15, -0.1) is 0 Å². The van der Waals surface area contributed by atoms with Crippen molar-refractivity contribution in [3.05, 3.63) is 22.4 Å². The average molecular weight is 250 g/mol. The first-order valence-electron chi connectivity index (χ1n) is 6.29. The predicted octanol–water partition coefficient (Wildman–Crippen LogP) is 2.37.